The molecular formula is C10H4Br6N2. The topological polar surface area (TPSA) is 25.8 Å². The summed E-state index contributed by atoms with van der Waals surface area (Å²) in [5.41, 5.74) is 3.09. The number of fused-ring (bicyclic) bond motifs is 1. The Labute approximate surface area is 154 Å². The summed E-state index contributed by atoms with van der Waals surface area (Å²) in [7, 11) is 0. The van der Waals surface area contributed by atoms with Gasteiger partial charge in [-0.3, -0.25) is 0 Å². The average molecular weight is 632 g/mol. The number of rotatable bonds is 0. The molecule has 0 aliphatic heterocycles. The van der Waals surface area contributed by atoms with E-state index in [1.165, 1.54) is 0 Å². The average Bonchev–Trinajstić information content (AvgIpc) is 2.25. The van der Waals surface area contributed by atoms with Crippen molar-refractivity contribution in [3.63, 3.8) is 0 Å². The molecule has 0 atom stereocenters. The van der Waals surface area contributed by atoms with Crippen molar-refractivity contribution in [3.8, 4) is 0 Å². The molecule has 0 saturated heterocycles. The van der Waals surface area contributed by atoms with E-state index in [9.17, 15) is 0 Å². The molecule has 8 heteroatoms. The molecule has 2 nitrogen and oxygen atoms in total. The van der Waals surface area contributed by atoms with Gasteiger partial charge < -0.3 is 0 Å². The number of nitrogens with zero attached hydrogens (tertiary/aromatic N) is 2. The van der Waals surface area contributed by atoms with Crippen LogP contribution in [0.25, 0.3) is 11.0 Å². The molecule has 2 rings (SSSR count). The molecule has 0 aliphatic carbocycles. The number of para-hydroxylation sites is 2. The van der Waals surface area contributed by atoms with Crippen molar-refractivity contribution >= 4 is 107 Å². The van der Waals surface area contributed by atoms with Gasteiger partial charge in [0, 0.05) is 0 Å². The molecule has 0 radical (unpaired) electrons. The molecule has 1 aromatic carbocycles. The van der Waals surface area contributed by atoms with Crippen molar-refractivity contribution in [1.82, 2.24) is 9.97 Å². The van der Waals surface area contributed by atoms with Crippen LogP contribution in [0.5, 0.6) is 0 Å². The van der Waals surface area contributed by atoms with Gasteiger partial charge in [-0.15, -0.1) is 0 Å². The monoisotopic (exact) mass is 626 g/mol. The lowest BCUT2D eigenvalue weighted by Gasteiger charge is -2.21. The molecule has 0 bridgehead atoms. The predicted octanol–water partition coefficient (Wildman–Crippen LogP) is 6.22. The van der Waals surface area contributed by atoms with Crippen LogP contribution in [0.15, 0.2) is 24.3 Å². The first-order valence-electron chi connectivity index (χ1n) is 4.61. The zero-order valence-electron chi connectivity index (χ0n) is 8.47. The fourth-order valence-corrected chi connectivity index (χ4v) is 3.05. The Bertz CT molecular complexity index is 534. The van der Waals surface area contributed by atoms with E-state index in [2.05, 4.69) is 106 Å². The number of alkyl halides is 6. The Morgan fingerprint density at radius 2 is 1.00 bits per heavy atom. The standard InChI is InChI=1S/C10H4Br6N2/c11-9(12,13)7-8(10(14,15)16)18-6-4-2-1-3-5(6)17-7/h1-4H. The molecule has 2 aromatic rings. The smallest absolute Gasteiger partial charge is 0.178 e. The maximum Gasteiger partial charge on any atom is 0.178 e. The summed E-state index contributed by atoms with van der Waals surface area (Å²) in [6.45, 7) is 0. The van der Waals surface area contributed by atoms with Crippen molar-refractivity contribution in [3.05, 3.63) is 35.7 Å². The highest BCUT2D eigenvalue weighted by atomic mass is 80.0. The van der Waals surface area contributed by atoms with Gasteiger partial charge in [0.15, 0.2) is 4.29 Å². The molecule has 0 aliphatic rings. The maximum absolute atomic E-state index is 4.62. The van der Waals surface area contributed by atoms with Crippen LogP contribution in [0.3, 0.4) is 0 Å². The van der Waals surface area contributed by atoms with Gasteiger partial charge >= 0.3 is 0 Å². The predicted molar refractivity (Wildman–Crippen MR) is 96.5 cm³/mol. The van der Waals surface area contributed by atoms with E-state index in [1.54, 1.807) is 0 Å². The molecule has 1 heterocycles. The molecule has 18 heavy (non-hydrogen) atoms. The Morgan fingerprint density at radius 1 is 0.667 bits per heavy atom. The van der Waals surface area contributed by atoms with Crippen molar-refractivity contribution in [1.29, 1.82) is 0 Å². The van der Waals surface area contributed by atoms with E-state index in [1.807, 2.05) is 24.3 Å². The van der Waals surface area contributed by atoms with Crippen molar-refractivity contribution in [2.75, 3.05) is 0 Å². The van der Waals surface area contributed by atoms with Crippen LogP contribution in [-0.4, -0.2) is 9.97 Å². The fraction of sp³-hybridized carbons (Fsp3) is 0.200. The van der Waals surface area contributed by atoms with Gasteiger partial charge in [-0.1, -0.05) is 108 Å². The summed E-state index contributed by atoms with van der Waals surface area (Å²) in [5, 5.41) is 0. The summed E-state index contributed by atoms with van der Waals surface area (Å²) >= 11 is 20.9. The molecule has 0 fully saturated rings. The second kappa shape index (κ2) is 5.67. The van der Waals surface area contributed by atoms with Gasteiger partial charge in [-0.05, 0) is 12.1 Å². The third-order valence-corrected chi connectivity index (χ3v) is 4.36. The second-order valence-electron chi connectivity index (χ2n) is 3.41. The Morgan fingerprint density at radius 3 is 1.28 bits per heavy atom. The number of halogens is 6. The number of hydrogen-bond donors (Lipinski definition) is 0. The van der Waals surface area contributed by atoms with Gasteiger partial charge in [-0.25, -0.2) is 9.97 Å². The first kappa shape index (κ1) is 15.8. The van der Waals surface area contributed by atoms with Crippen LogP contribution in [-0.2, 0) is 4.29 Å². The van der Waals surface area contributed by atoms with Crippen molar-refractivity contribution in [2.24, 2.45) is 0 Å². The molecule has 96 valence electrons. The van der Waals surface area contributed by atoms with Crippen LogP contribution in [0.1, 0.15) is 11.4 Å². The number of benzene rings is 1. The fourth-order valence-electron chi connectivity index (χ4n) is 1.40. The summed E-state index contributed by atoms with van der Waals surface area (Å²) in [6.07, 6.45) is 0. The van der Waals surface area contributed by atoms with Crippen molar-refractivity contribution < 1.29 is 0 Å². The molecule has 0 unspecified atom stereocenters. The van der Waals surface area contributed by atoms with Gasteiger partial charge in [-0.2, -0.15) is 0 Å². The zero-order chi connectivity index (χ0) is 13.6. The van der Waals surface area contributed by atoms with E-state index in [-0.39, 0.29) is 0 Å². The highest BCUT2D eigenvalue weighted by molar-refractivity contribution is 9.39. The number of hydrogen-bond acceptors (Lipinski definition) is 2. The van der Waals surface area contributed by atoms with Gasteiger partial charge in [0.05, 0.1) is 11.0 Å². The lowest BCUT2D eigenvalue weighted by molar-refractivity contribution is 1.04. The Balaban J connectivity index is 2.81. The van der Waals surface area contributed by atoms with E-state index in [0.717, 1.165) is 11.0 Å². The Kier molecular flexibility index (Phi) is 4.99. The van der Waals surface area contributed by atoms with Crippen LogP contribution in [0.4, 0.5) is 0 Å². The summed E-state index contributed by atoms with van der Waals surface area (Å²) < 4.78 is -1.28. The van der Waals surface area contributed by atoms with Crippen LogP contribution in [0, 0.1) is 0 Å². The number of aromatic nitrogens is 2. The van der Waals surface area contributed by atoms with Gasteiger partial charge in [0.25, 0.3) is 0 Å². The third kappa shape index (κ3) is 3.55. The van der Waals surface area contributed by atoms with Crippen LogP contribution < -0.4 is 0 Å². The lowest BCUT2D eigenvalue weighted by atomic mass is 10.2. The minimum absolute atomic E-state index is 0.639. The largest absolute Gasteiger partial charge is 0.246 e. The molecule has 0 N–H and O–H groups in total. The molecule has 0 amide bonds. The summed E-state index contributed by atoms with van der Waals surface area (Å²) in [6, 6.07) is 7.71. The molecular weight excluding hydrogens is 628 g/mol. The molecule has 1 aromatic heterocycles. The van der Waals surface area contributed by atoms with E-state index in [4.69, 9.17) is 0 Å². The highest BCUT2D eigenvalue weighted by Crippen LogP contribution is 2.52. The summed E-state index contributed by atoms with van der Waals surface area (Å²) in [5.74, 6) is 0. The minimum Gasteiger partial charge on any atom is -0.246 e. The van der Waals surface area contributed by atoms with Gasteiger partial charge in [0.2, 0.25) is 0 Å². The summed E-state index contributed by atoms with van der Waals surface area (Å²) in [4.78, 5) is 9.24. The third-order valence-electron chi connectivity index (χ3n) is 2.11. The Hall–Kier alpha value is 1.44. The maximum atomic E-state index is 4.62. The quantitative estimate of drug-likeness (QED) is 0.323. The van der Waals surface area contributed by atoms with E-state index >= 15 is 0 Å². The lowest BCUT2D eigenvalue weighted by Crippen LogP contribution is -2.15. The first-order chi connectivity index (χ1) is 8.19. The highest BCUT2D eigenvalue weighted by Gasteiger charge is 2.36. The molecule has 0 saturated carbocycles. The SMILES string of the molecule is BrC(Br)(Br)c1nc2ccccc2nc1C(Br)(Br)Br. The first-order valence-corrected chi connectivity index (χ1v) is 9.36. The minimum atomic E-state index is -0.639. The van der Waals surface area contributed by atoms with Crippen LogP contribution >= 0.6 is 95.6 Å². The second-order valence-corrected chi connectivity index (χ2v) is 16.9. The van der Waals surface area contributed by atoms with Crippen LogP contribution in [0.2, 0.25) is 0 Å². The van der Waals surface area contributed by atoms with E-state index in [0.29, 0.717) is 11.4 Å². The van der Waals surface area contributed by atoms with E-state index < -0.39 is 4.29 Å². The molecule has 0 spiro atoms. The zero-order valence-corrected chi connectivity index (χ0v) is 18.0. The normalized spacial score (nSPS) is 13.0. The van der Waals surface area contributed by atoms with Gasteiger partial charge in [0.1, 0.15) is 11.4 Å². The van der Waals surface area contributed by atoms with Crippen molar-refractivity contribution in [2.45, 2.75) is 4.29 Å².